The van der Waals surface area contributed by atoms with Crippen molar-refractivity contribution >= 4 is 35.1 Å². The van der Waals surface area contributed by atoms with Gasteiger partial charge in [0.2, 0.25) is 17.8 Å². The van der Waals surface area contributed by atoms with E-state index in [1.807, 2.05) is 36.4 Å². The van der Waals surface area contributed by atoms with Crippen molar-refractivity contribution in [3.63, 3.8) is 0 Å². The van der Waals surface area contributed by atoms with E-state index in [4.69, 9.17) is 15.2 Å². The van der Waals surface area contributed by atoms with E-state index in [0.29, 0.717) is 11.4 Å². The maximum atomic E-state index is 12.7. The molecule has 0 saturated carbocycles. The lowest BCUT2D eigenvalue weighted by molar-refractivity contribution is -0.149. The van der Waals surface area contributed by atoms with Crippen molar-refractivity contribution in [3.05, 3.63) is 59.9 Å². The fourth-order valence-electron chi connectivity index (χ4n) is 3.71. The Morgan fingerprint density at radius 2 is 1.91 bits per heavy atom. The summed E-state index contributed by atoms with van der Waals surface area (Å²) in [6.07, 6.45) is 1.01. The van der Waals surface area contributed by atoms with Gasteiger partial charge in [-0.25, -0.2) is 0 Å². The number of nitrogen functional groups attached to an aromatic ring is 1. The highest BCUT2D eigenvalue weighted by molar-refractivity contribution is 5.99. The monoisotopic (exact) mass is 462 g/mol. The smallest absolute Gasteiger partial charge is 0.311 e. The van der Waals surface area contributed by atoms with Crippen molar-refractivity contribution in [1.29, 1.82) is 0 Å². The van der Waals surface area contributed by atoms with Crippen LogP contribution < -0.4 is 20.7 Å². The molecule has 1 saturated heterocycles. The zero-order valence-electron chi connectivity index (χ0n) is 19.0. The highest BCUT2D eigenvalue weighted by Gasteiger charge is 2.36. The number of ether oxygens (including phenoxy) is 2. The maximum Gasteiger partial charge on any atom is 0.311 e. The van der Waals surface area contributed by atoms with Crippen LogP contribution in [-0.2, 0) is 27.4 Å². The van der Waals surface area contributed by atoms with E-state index < -0.39 is 11.9 Å². The SMILES string of the molecule is CCc1ccc(N2CC(C(=O)OCc3nc(N)nc(Nc4ccccc4OC)n3)CC2=O)cc1. The predicted molar refractivity (Wildman–Crippen MR) is 127 cm³/mol. The van der Waals surface area contributed by atoms with E-state index in [1.54, 1.807) is 24.1 Å². The van der Waals surface area contributed by atoms with Crippen molar-refractivity contribution in [2.75, 3.05) is 29.6 Å². The van der Waals surface area contributed by atoms with Gasteiger partial charge < -0.3 is 25.4 Å². The second kappa shape index (κ2) is 10.2. The van der Waals surface area contributed by atoms with Gasteiger partial charge in [-0.1, -0.05) is 31.2 Å². The molecule has 4 rings (SSSR count). The number of benzene rings is 2. The number of hydrogen-bond donors (Lipinski definition) is 2. The summed E-state index contributed by atoms with van der Waals surface area (Å²) in [7, 11) is 1.56. The first kappa shape index (κ1) is 23.0. The van der Waals surface area contributed by atoms with Crippen LogP contribution in [0.2, 0.25) is 0 Å². The fraction of sp³-hybridized carbons (Fsp3) is 0.292. The molecule has 34 heavy (non-hydrogen) atoms. The van der Waals surface area contributed by atoms with Gasteiger partial charge in [-0.3, -0.25) is 9.59 Å². The molecular weight excluding hydrogens is 436 g/mol. The lowest BCUT2D eigenvalue weighted by Gasteiger charge is -2.17. The molecule has 0 bridgehead atoms. The van der Waals surface area contributed by atoms with Crippen LogP contribution in [0.25, 0.3) is 0 Å². The van der Waals surface area contributed by atoms with Crippen LogP contribution in [-0.4, -0.2) is 40.5 Å². The maximum absolute atomic E-state index is 12.7. The minimum absolute atomic E-state index is 0.0174. The topological polar surface area (TPSA) is 133 Å². The summed E-state index contributed by atoms with van der Waals surface area (Å²) in [6.45, 7) is 2.14. The van der Waals surface area contributed by atoms with Gasteiger partial charge in [0.15, 0.2) is 12.4 Å². The molecule has 3 N–H and O–H groups in total. The molecule has 10 heteroatoms. The Labute approximate surface area is 197 Å². The van der Waals surface area contributed by atoms with Crippen LogP contribution in [0.1, 0.15) is 24.7 Å². The first-order valence-electron chi connectivity index (χ1n) is 10.9. The summed E-state index contributed by atoms with van der Waals surface area (Å²) in [4.78, 5) is 39.1. The molecule has 1 atom stereocenters. The third-order valence-corrected chi connectivity index (χ3v) is 5.51. The van der Waals surface area contributed by atoms with Gasteiger partial charge in [0.1, 0.15) is 5.75 Å². The molecule has 1 fully saturated rings. The van der Waals surface area contributed by atoms with Crippen molar-refractivity contribution in [3.8, 4) is 5.75 Å². The highest BCUT2D eigenvalue weighted by atomic mass is 16.5. The van der Waals surface area contributed by atoms with E-state index in [-0.39, 0.29) is 43.2 Å². The van der Waals surface area contributed by atoms with Gasteiger partial charge in [0.05, 0.1) is 18.7 Å². The number of carbonyl (C=O) groups excluding carboxylic acids is 2. The molecule has 176 valence electrons. The van der Waals surface area contributed by atoms with Crippen LogP contribution in [0, 0.1) is 5.92 Å². The molecule has 2 aromatic carbocycles. The molecule has 1 amide bonds. The Kier molecular flexibility index (Phi) is 6.86. The Bertz CT molecular complexity index is 1180. The number of aryl methyl sites for hydroxylation is 1. The number of hydrogen-bond acceptors (Lipinski definition) is 9. The number of esters is 1. The lowest BCUT2D eigenvalue weighted by Crippen LogP contribution is -2.26. The van der Waals surface area contributed by atoms with Crippen LogP contribution in [0.3, 0.4) is 0 Å². The number of para-hydroxylation sites is 2. The molecular formula is C24H26N6O4. The molecule has 1 aliphatic rings. The van der Waals surface area contributed by atoms with Crippen LogP contribution in [0.15, 0.2) is 48.5 Å². The predicted octanol–water partition coefficient (Wildman–Crippen LogP) is 2.86. The molecule has 0 aliphatic carbocycles. The molecule has 2 heterocycles. The average molecular weight is 463 g/mol. The zero-order chi connectivity index (χ0) is 24.1. The third kappa shape index (κ3) is 5.22. The number of carbonyl (C=O) groups is 2. The molecule has 0 spiro atoms. The number of nitrogens with zero attached hydrogens (tertiary/aromatic N) is 4. The number of nitrogens with two attached hydrogens (primary N) is 1. The number of amides is 1. The van der Waals surface area contributed by atoms with Gasteiger partial charge in [-0.05, 0) is 36.2 Å². The summed E-state index contributed by atoms with van der Waals surface area (Å²) in [5.41, 5.74) is 8.41. The summed E-state index contributed by atoms with van der Waals surface area (Å²) >= 11 is 0. The van der Waals surface area contributed by atoms with Crippen molar-refractivity contribution in [2.45, 2.75) is 26.4 Å². The summed E-state index contributed by atoms with van der Waals surface area (Å²) in [6, 6.07) is 15.0. The largest absolute Gasteiger partial charge is 0.495 e. The number of methoxy groups -OCH3 is 1. The number of anilines is 4. The van der Waals surface area contributed by atoms with E-state index in [9.17, 15) is 9.59 Å². The Morgan fingerprint density at radius 1 is 1.15 bits per heavy atom. The van der Waals surface area contributed by atoms with Gasteiger partial charge in [-0.2, -0.15) is 15.0 Å². The average Bonchev–Trinajstić information content (AvgIpc) is 3.24. The normalized spacial score (nSPS) is 15.3. The quantitative estimate of drug-likeness (QED) is 0.485. The molecule has 3 aromatic rings. The first-order valence-corrected chi connectivity index (χ1v) is 10.9. The summed E-state index contributed by atoms with van der Waals surface area (Å²) in [5.74, 6) is -0.192. The molecule has 1 aromatic heterocycles. The van der Waals surface area contributed by atoms with Gasteiger partial charge in [0, 0.05) is 18.7 Å². The Balaban J connectivity index is 1.38. The summed E-state index contributed by atoms with van der Waals surface area (Å²) in [5, 5.41) is 3.03. The van der Waals surface area contributed by atoms with E-state index in [1.165, 1.54) is 5.56 Å². The number of rotatable bonds is 8. The van der Waals surface area contributed by atoms with Crippen molar-refractivity contribution in [2.24, 2.45) is 5.92 Å². The van der Waals surface area contributed by atoms with Crippen molar-refractivity contribution in [1.82, 2.24) is 15.0 Å². The third-order valence-electron chi connectivity index (χ3n) is 5.51. The number of nitrogens with one attached hydrogen (secondary N) is 1. The summed E-state index contributed by atoms with van der Waals surface area (Å²) < 4.78 is 10.7. The minimum Gasteiger partial charge on any atom is -0.495 e. The zero-order valence-corrected chi connectivity index (χ0v) is 19.0. The van der Waals surface area contributed by atoms with E-state index in [2.05, 4.69) is 27.2 Å². The first-order chi connectivity index (χ1) is 16.5. The molecule has 1 unspecified atom stereocenters. The second-order valence-electron chi connectivity index (χ2n) is 7.79. The Hall–Kier alpha value is -4.21. The van der Waals surface area contributed by atoms with Crippen molar-refractivity contribution < 1.29 is 19.1 Å². The standard InChI is InChI=1S/C24H26N6O4/c1-3-15-8-10-17(11-9-15)30-13-16(12-21(30)31)22(32)34-14-20-27-23(25)29-24(28-20)26-18-6-4-5-7-19(18)33-2/h4-11,16H,3,12-14H2,1-2H3,(H3,25,26,27,28,29). The molecule has 0 radical (unpaired) electrons. The fourth-order valence-corrected chi connectivity index (χ4v) is 3.71. The second-order valence-corrected chi connectivity index (χ2v) is 7.79. The van der Waals surface area contributed by atoms with E-state index in [0.717, 1.165) is 12.1 Å². The number of aromatic nitrogens is 3. The van der Waals surface area contributed by atoms with Crippen LogP contribution in [0.5, 0.6) is 5.75 Å². The Morgan fingerprint density at radius 3 is 2.65 bits per heavy atom. The molecule has 10 nitrogen and oxygen atoms in total. The lowest BCUT2D eigenvalue weighted by atomic mass is 10.1. The van der Waals surface area contributed by atoms with Crippen LogP contribution >= 0.6 is 0 Å². The minimum atomic E-state index is -0.566. The van der Waals surface area contributed by atoms with Gasteiger partial charge >= 0.3 is 5.97 Å². The van der Waals surface area contributed by atoms with Gasteiger partial charge in [0.25, 0.3) is 0 Å². The van der Waals surface area contributed by atoms with E-state index >= 15 is 0 Å². The molecule has 1 aliphatic heterocycles. The highest BCUT2D eigenvalue weighted by Crippen LogP contribution is 2.27. The van der Waals surface area contributed by atoms with Crippen LogP contribution in [0.4, 0.5) is 23.3 Å². The van der Waals surface area contributed by atoms with Gasteiger partial charge in [-0.15, -0.1) is 0 Å².